The maximum Gasteiger partial charge on any atom is 0.0795 e. The first-order valence-corrected chi connectivity index (χ1v) is 24.5. The fourth-order valence-electron chi connectivity index (χ4n) is 11.2. The summed E-state index contributed by atoms with van der Waals surface area (Å²) in [6.07, 6.45) is 3.74. The first-order chi connectivity index (χ1) is 34.7. The van der Waals surface area contributed by atoms with Crippen molar-refractivity contribution >= 4 is 107 Å². The molecule has 0 unspecified atom stereocenters. The van der Waals surface area contributed by atoms with E-state index in [2.05, 4.69) is 211 Å². The minimum Gasteiger partial charge on any atom is -0.309 e. The topological polar surface area (TPSA) is 43.6 Å². The van der Waals surface area contributed by atoms with Gasteiger partial charge in [-0.05, 0) is 121 Å². The monoisotopic (exact) mass is 906 g/mol. The number of benzene rings is 10. The lowest BCUT2D eigenvalue weighted by Gasteiger charge is -2.16. The van der Waals surface area contributed by atoms with Crippen molar-refractivity contribution in [3.8, 4) is 50.5 Å². The average molecular weight is 907 g/mol. The van der Waals surface area contributed by atoms with Crippen LogP contribution in [0.25, 0.3) is 147 Å². The van der Waals surface area contributed by atoms with Crippen LogP contribution >= 0.6 is 11.3 Å². The fourth-order valence-corrected chi connectivity index (χ4v) is 12.3. The van der Waals surface area contributed by atoms with E-state index in [4.69, 9.17) is 15.0 Å². The van der Waals surface area contributed by atoms with E-state index in [1.165, 1.54) is 85.5 Å². The van der Waals surface area contributed by atoms with Gasteiger partial charge in [0.2, 0.25) is 0 Å². The van der Waals surface area contributed by atoms with Gasteiger partial charge in [-0.15, -0.1) is 11.3 Å². The molecule has 0 bridgehead atoms. The first kappa shape index (κ1) is 39.0. The molecule has 10 aromatic carbocycles. The molecule has 0 radical (unpaired) electrons. The Morgan fingerprint density at radius 1 is 0.314 bits per heavy atom. The lowest BCUT2D eigenvalue weighted by atomic mass is 9.91. The molecule has 0 spiro atoms. The van der Waals surface area contributed by atoms with Gasteiger partial charge in [-0.25, -0.2) is 4.98 Å². The molecule has 5 aromatic heterocycles. The van der Waals surface area contributed by atoms with E-state index in [-0.39, 0.29) is 0 Å². The summed E-state index contributed by atoms with van der Waals surface area (Å²) in [6.45, 7) is 0. The second-order valence-corrected chi connectivity index (χ2v) is 19.4. The number of nitrogens with zero attached hydrogens (tertiary/aromatic N) is 4. The van der Waals surface area contributed by atoms with Crippen LogP contribution in [0, 0.1) is 0 Å². The standard InChI is InChI=1S/C65H38N4S/c1-2-12-39(13-3-1)42-26-29-60-56(33-42)57-37-54-47-19-5-4-18-46(47)53-32-43(44-25-28-50-49-20-6-7-23-62(49)70-63(50)34-44)24-27-48(53)55(54)38-61(57)69(60)45-35-58(51-21-8-14-40-16-10-30-66-64(40)51)68-59(36-45)52-22-9-15-41-17-11-31-67-65(41)52/h1-38H. The van der Waals surface area contributed by atoms with Gasteiger partial charge in [0.05, 0.1) is 39.1 Å². The maximum atomic E-state index is 5.49. The van der Waals surface area contributed by atoms with Crippen LogP contribution in [0.3, 0.4) is 0 Å². The minimum atomic E-state index is 0.847. The highest BCUT2D eigenvalue weighted by molar-refractivity contribution is 7.25. The van der Waals surface area contributed by atoms with E-state index in [1.54, 1.807) is 0 Å². The Labute approximate surface area is 406 Å². The van der Waals surface area contributed by atoms with E-state index >= 15 is 0 Å². The van der Waals surface area contributed by atoms with Crippen LogP contribution in [0.2, 0.25) is 0 Å². The van der Waals surface area contributed by atoms with Crippen molar-refractivity contribution in [2.24, 2.45) is 0 Å². The number of hydrogen-bond donors (Lipinski definition) is 0. The molecule has 0 amide bonds. The van der Waals surface area contributed by atoms with Gasteiger partial charge in [0.25, 0.3) is 0 Å². The number of rotatable bonds is 5. The van der Waals surface area contributed by atoms with Gasteiger partial charge < -0.3 is 4.57 Å². The largest absolute Gasteiger partial charge is 0.309 e. The zero-order chi connectivity index (χ0) is 45.9. The van der Waals surface area contributed by atoms with Gasteiger partial charge in [-0.1, -0.05) is 152 Å². The number of hydrogen-bond acceptors (Lipinski definition) is 4. The third-order valence-electron chi connectivity index (χ3n) is 14.4. The maximum absolute atomic E-state index is 5.49. The molecule has 0 fully saturated rings. The Morgan fingerprint density at radius 3 is 1.57 bits per heavy atom. The zero-order valence-electron chi connectivity index (χ0n) is 37.6. The molecule has 0 N–H and O–H groups in total. The summed E-state index contributed by atoms with van der Waals surface area (Å²) in [5, 5.41) is 14.6. The summed E-state index contributed by atoms with van der Waals surface area (Å²) in [5.74, 6) is 0. The fraction of sp³-hybridized carbons (Fsp3) is 0. The normalized spacial score (nSPS) is 12.0. The molecule has 5 heteroatoms. The van der Waals surface area contributed by atoms with Crippen LogP contribution in [0.4, 0.5) is 0 Å². The van der Waals surface area contributed by atoms with Crippen molar-refractivity contribution in [3.05, 3.63) is 231 Å². The summed E-state index contributed by atoms with van der Waals surface area (Å²) in [6, 6.07) is 79.7. The summed E-state index contributed by atoms with van der Waals surface area (Å²) < 4.78 is 5.09. The predicted molar refractivity (Wildman–Crippen MR) is 296 cm³/mol. The van der Waals surface area contributed by atoms with Crippen LogP contribution in [0.5, 0.6) is 0 Å². The quantitative estimate of drug-likeness (QED) is 0.162. The summed E-state index contributed by atoms with van der Waals surface area (Å²) in [5.41, 5.74) is 13.5. The zero-order valence-corrected chi connectivity index (χ0v) is 38.5. The Bertz CT molecular complexity index is 4550. The lowest BCUT2D eigenvalue weighted by Crippen LogP contribution is -1.99. The molecule has 15 rings (SSSR count). The molecule has 4 nitrogen and oxygen atoms in total. The third kappa shape index (κ3) is 5.98. The number of para-hydroxylation sites is 2. The van der Waals surface area contributed by atoms with Crippen LogP contribution in [0.15, 0.2) is 231 Å². The molecule has 324 valence electrons. The van der Waals surface area contributed by atoms with E-state index in [9.17, 15) is 0 Å². The molecule has 0 saturated carbocycles. The highest BCUT2D eigenvalue weighted by Crippen LogP contribution is 2.45. The third-order valence-corrected chi connectivity index (χ3v) is 15.6. The van der Waals surface area contributed by atoms with E-state index in [1.807, 2.05) is 35.9 Å². The van der Waals surface area contributed by atoms with Crippen LogP contribution < -0.4 is 0 Å². The molecule has 0 aliphatic rings. The smallest absolute Gasteiger partial charge is 0.0795 e. The van der Waals surface area contributed by atoms with Crippen molar-refractivity contribution in [1.82, 2.24) is 19.5 Å². The van der Waals surface area contributed by atoms with Gasteiger partial charge in [0.15, 0.2) is 0 Å². The van der Waals surface area contributed by atoms with E-state index in [0.29, 0.717) is 0 Å². The highest BCUT2D eigenvalue weighted by Gasteiger charge is 2.21. The highest BCUT2D eigenvalue weighted by atomic mass is 32.1. The van der Waals surface area contributed by atoms with Crippen LogP contribution in [-0.4, -0.2) is 19.5 Å². The molecule has 0 aliphatic heterocycles. The number of thiophene rings is 1. The van der Waals surface area contributed by atoms with Crippen LogP contribution in [-0.2, 0) is 0 Å². The first-order valence-electron chi connectivity index (χ1n) is 23.7. The Kier molecular flexibility index (Phi) is 8.49. The summed E-state index contributed by atoms with van der Waals surface area (Å²) in [7, 11) is 0. The van der Waals surface area contributed by atoms with Crippen molar-refractivity contribution in [3.63, 3.8) is 0 Å². The van der Waals surface area contributed by atoms with Gasteiger partial charge >= 0.3 is 0 Å². The Balaban J connectivity index is 1.03. The van der Waals surface area contributed by atoms with Gasteiger partial charge in [-0.3, -0.25) is 9.97 Å². The number of fused-ring (bicyclic) bond motifs is 14. The Morgan fingerprint density at radius 2 is 0.843 bits per heavy atom. The van der Waals surface area contributed by atoms with Crippen LogP contribution in [0.1, 0.15) is 0 Å². The van der Waals surface area contributed by atoms with Crippen molar-refractivity contribution in [2.75, 3.05) is 0 Å². The van der Waals surface area contributed by atoms with Crippen molar-refractivity contribution in [1.29, 1.82) is 0 Å². The van der Waals surface area contributed by atoms with Gasteiger partial charge in [0.1, 0.15) is 0 Å². The van der Waals surface area contributed by atoms with Gasteiger partial charge in [-0.2, -0.15) is 0 Å². The molecule has 5 heterocycles. The molecular weight excluding hydrogens is 869 g/mol. The summed E-state index contributed by atoms with van der Waals surface area (Å²) >= 11 is 1.87. The Hall–Kier alpha value is -9.03. The summed E-state index contributed by atoms with van der Waals surface area (Å²) in [4.78, 5) is 15.3. The second kappa shape index (κ2) is 15.2. The minimum absolute atomic E-state index is 0.847. The van der Waals surface area contributed by atoms with Crippen molar-refractivity contribution in [2.45, 2.75) is 0 Å². The molecular formula is C65H38N4S. The molecule has 0 saturated heterocycles. The lowest BCUT2D eigenvalue weighted by molar-refractivity contribution is 1.16. The SMILES string of the molecule is c1ccc(-c2ccc3c(c2)c2cc4c5ccccc5c5cc(-c6ccc7c(c6)sc6ccccc67)ccc5c4cc2n3-c2cc(-c3cccc4cccnc34)nc(-c3cccc4cccnc34)c2)cc1. The second-order valence-electron chi connectivity index (χ2n) is 18.3. The number of pyridine rings is 3. The van der Waals surface area contributed by atoms with E-state index < -0.39 is 0 Å². The molecule has 70 heavy (non-hydrogen) atoms. The van der Waals surface area contributed by atoms with E-state index in [0.717, 1.165) is 61.0 Å². The predicted octanol–water partition coefficient (Wildman–Crippen LogP) is 17.8. The van der Waals surface area contributed by atoms with Crippen molar-refractivity contribution < 1.29 is 0 Å². The molecule has 0 atom stereocenters. The molecule has 15 aromatic rings. The number of aromatic nitrogens is 4. The molecule has 0 aliphatic carbocycles. The average Bonchev–Trinajstić information content (AvgIpc) is 3.97. The van der Waals surface area contributed by atoms with Gasteiger partial charge in [0, 0.05) is 65.2 Å².